The van der Waals surface area contributed by atoms with E-state index in [1.807, 2.05) is 13.2 Å². The zero-order valence-electron chi connectivity index (χ0n) is 21.8. The molecule has 0 saturated heterocycles. The Labute approximate surface area is 226 Å². The van der Waals surface area contributed by atoms with Gasteiger partial charge in [-0.3, -0.25) is 19.2 Å². The second kappa shape index (κ2) is 16.5. The zero-order chi connectivity index (χ0) is 28.8. The average Bonchev–Trinajstić information content (AvgIpc) is 2.87. The number of nitrogens with one attached hydrogen (secondary N) is 3. The van der Waals surface area contributed by atoms with Gasteiger partial charge in [-0.2, -0.15) is 11.8 Å². The number of carboxylic acids is 2. The Bertz CT molecular complexity index is 959. The van der Waals surface area contributed by atoms with Crippen LogP contribution in [0.3, 0.4) is 0 Å². The van der Waals surface area contributed by atoms with E-state index in [1.165, 1.54) is 23.9 Å². The summed E-state index contributed by atoms with van der Waals surface area (Å²) in [6, 6.07) is 1.40. The number of carboxylic acid groups (broad SMARTS) is 2. The number of aliphatic carboxylic acids is 2. The van der Waals surface area contributed by atoms with Crippen molar-refractivity contribution in [2.24, 2.45) is 11.7 Å². The molecule has 212 valence electrons. The van der Waals surface area contributed by atoms with Crippen molar-refractivity contribution in [1.82, 2.24) is 16.0 Å². The van der Waals surface area contributed by atoms with Crippen LogP contribution in [0.25, 0.3) is 0 Å². The number of phenolic OH excluding ortho intramolecular Hbond substituents is 1. The Balaban J connectivity index is 3.00. The van der Waals surface area contributed by atoms with Crippen molar-refractivity contribution in [3.05, 3.63) is 29.8 Å². The van der Waals surface area contributed by atoms with Crippen LogP contribution in [0.5, 0.6) is 5.75 Å². The fourth-order valence-electron chi connectivity index (χ4n) is 3.48. The first-order chi connectivity index (χ1) is 17.9. The molecular weight excluding hydrogens is 516 g/mol. The van der Waals surface area contributed by atoms with Gasteiger partial charge in [0.25, 0.3) is 0 Å². The molecule has 5 atom stereocenters. The number of nitrogens with two attached hydrogens (primary N) is 1. The Morgan fingerprint density at radius 3 is 2.05 bits per heavy atom. The van der Waals surface area contributed by atoms with Crippen molar-refractivity contribution >= 4 is 41.4 Å². The first-order valence-electron chi connectivity index (χ1n) is 12.3. The van der Waals surface area contributed by atoms with E-state index in [2.05, 4.69) is 16.0 Å². The topological polar surface area (TPSA) is 208 Å². The number of benzene rings is 1. The van der Waals surface area contributed by atoms with Crippen LogP contribution in [0.2, 0.25) is 0 Å². The lowest BCUT2D eigenvalue weighted by molar-refractivity contribution is -0.142. The second-order valence-electron chi connectivity index (χ2n) is 9.02. The molecule has 0 aliphatic carbocycles. The summed E-state index contributed by atoms with van der Waals surface area (Å²) in [5.41, 5.74) is 6.36. The number of phenols is 1. The largest absolute Gasteiger partial charge is 0.508 e. The first-order valence-corrected chi connectivity index (χ1v) is 13.7. The third kappa shape index (κ3) is 11.4. The highest BCUT2D eigenvalue weighted by Crippen LogP contribution is 2.13. The summed E-state index contributed by atoms with van der Waals surface area (Å²) in [5.74, 6) is -4.19. The van der Waals surface area contributed by atoms with Gasteiger partial charge in [0.1, 0.15) is 23.9 Å². The lowest BCUT2D eigenvalue weighted by Gasteiger charge is -2.28. The molecule has 3 amide bonds. The maximum absolute atomic E-state index is 13.2. The van der Waals surface area contributed by atoms with Crippen molar-refractivity contribution < 1.29 is 39.3 Å². The molecule has 0 fully saturated rings. The molecule has 13 heteroatoms. The molecule has 1 aromatic carbocycles. The van der Waals surface area contributed by atoms with Crippen molar-refractivity contribution in [3.63, 3.8) is 0 Å². The average molecular weight is 555 g/mol. The van der Waals surface area contributed by atoms with Gasteiger partial charge in [-0.1, -0.05) is 32.4 Å². The maximum atomic E-state index is 13.2. The van der Waals surface area contributed by atoms with Crippen LogP contribution in [0.1, 0.15) is 45.1 Å². The van der Waals surface area contributed by atoms with Crippen molar-refractivity contribution in [3.8, 4) is 5.75 Å². The zero-order valence-corrected chi connectivity index (χ0v) is 22.6. The fourth-order valence-corrected chi connectivity index (χ4v) is 3.95. The molecule has 8 N–H and O–H groups in total. The summed E-state index contributed by atoms with van der Waals surface area (Å²) in [7, 11) is 0. The summed E-state index contributed by atoms with van der Waals surface area (Å²) in [4.78, 5) is 61.4. The minimum absolute atomic E-state index is 0.0234. The van der Waals surface area contributed by atoms with Crippen LogP contribution in [-0.2, 0) is 30.4 Å². The highest BCUT2D eigenvalue weighted by atomic mass is 32.2. The maximum Gasteiger partial charge on any atom is 0.326 e. The minimum Gasteiger partial charge on any atom is -0.508 e. The van der Waals surface area contributed by atoms with Crippen LogP contribution in [-0.4, -0.2) is 81.2 Å². The van der Waals surface area contributed by atoms with Gasteiger partial charge in [0.05, 0.1) is 6.04 Å². The van der Waals surface area contributed by atoms with Crippen molar-refractivity contribution in [2.75, 3.05) is 12.0 Å². The third-order valence-corrected chi connectivity index (χ3v) is 6.68. The smallest absolute Gasteiger partial charge is 0.326 e. The fraction of sp³-hybridized carbons (Fsp3) is 0.560. The van der Waals surface area contributed by atoms with E-state index in [1.54, 1.807) is 19.1 Å². The first kappa shape index (κ1) is 32.7. The summed E-state index contributed by atoms with van der Waals surface area (Å²) in [6.07, 6.45) is 2.10. The van der Waals surface area contributed by atoms with Crippen molar-refractivity contribution in [2.45, 2.75) is 70.1 Å². The molecule has 1 aromatic rings. The number of carbonyl (C=O) groups is 5. The lowest BCUT2D eigenvalue weighted by atomic mass is 9.97. The quantitative estimate of drug-likeness (QED) is 0.141. The molecule has 0 spiro atoms. The number of thioether (sulfide) groups is 1. The molecule has 12 nitrogen and oxygen atoms in total. The molecule has 0 bridgehead atoms. The van der Waals surface area contributed by atoms with Crippen LogP contribution in [0, 0.1) is 5.92 Å². The molecule has 38 heavy (non-hydrogen) atoms. The van der Waals surface area contributed by atoms with E-state index in [4.69, 9.17) is 10.8 Å². The van der Waals surface area contributed by atoms with E-state index in [9.17, 15) is 34.2 Å². The number of amides is 3. The summed E-state index contributed by atoms with van der Waals surface area (Å²) in [5, 5.41) is 35.6. The minimum atomic E-state index is -1.28. The SMILES string of the molecule is CCC(C)C(NC(=O)C(N)CCC(=O)O)C(=O)NC(CCSC)C(=O)NC(Cc1ccc(O)cc1)C(=O)O. The molecule has 0 aliphatic rings. The van der Waals surface area contributed by atoms with Crippen molar-refractivity contribution in [1.29, 1.82) is 0 Å². The highest BCUT2D eigenvalue weighted by Gasteiger charge is 2.32. The van der Waals surface area contributed by atoms with Gasteiger partial charge < -0.3 is 37.0 Å². The van der Waals surface area contributed by atoms with Gasteiger partial charge in [0.15, 0.2) is 0 Å². The summed E-state index contributed by atoms with van der Waals surface area (Å²) < 4.78 is 0. The van der Waals surface area contributed by atoms with E-state index < -0.39 is 53.8 Å². The van der Waals surface area contributed by atoms with Crippen LogP contribution >= 0.6 is 11.8 Å². The number of hydrogen-bond donors (Lipinski definition) is 7. The number of aromatic hydroxyl groups is 1. The van der Waals surface area contributed by atoms with E-state index >= 15 is 0 Å². The molecule has 1 rings (SSSR count). The van der Waals surface area contributed by atoms with Gasteiger partial charge in [0, 0.05) is 12.8 Å². The van der Waals surface area contributed by atoms with Gasteiger partial charge in [0.2, 0.25) is 17.7 Å². The van der Waals surface area contributed by atoms with Gasteiger partial charge >= 0.3 is 11.9 Å². The second-order valence-corrected chi connectivity index (χ2v) is 10.0. The normalized spacial score (nSPS) is 14.8. The third-order valence-electron chi connectivity index (χ3n) is 6.03. The Kier molecular flexibility index (Phi) is 14.2. The molecule has 0 saturated carbocycles. The monoisotopic (exact) mass is 554 g/mol. The number of hydrogen-bond acceptors (Lipinski definition) is 8. The van der Waals surface area contributed by atoms with E-state index in [-0.39, 0.29) is 37.4 Å². The van der Waals surface area contributed by atoms with Gasteiger partial charge in [-0.05, 0) is 48.5 Å². The predicted octanol–water partition coefficient (Wildman–Crippen LogP) is 0.465. The summed E-state index contributed by atoms with van der Waals surface area (Å²) in [6.45, 7) is 3.56. The Hall–Kier alpha value is -3.32. The van der Waals surface area contributed by atoms with Gasteiger partial charge in [-0.25, -0.2) is 4.79 Å². The Morgan fingerprint density at radius 2 is 1.53 bits per heavy atom. The molecule has 0 aliphatic heterocycles. The van der Waals surface area contributed by atoms with Crippen LogP contribution in [0.15, 0.2) is 24.3 Å². The predicted molar refractivity (Wildman–Crippen MR) is 143 cm³/mol. The van der Waals surface area contributed by atoms with E-state index in [0.717, 1.165) is 0 Å². The van der Waals surface area contributed by atoms with Crippen LogP contribution < -0.4 is 21.7 Å². The highest BCUT2D eigenvalue weighted by molar-refractivity contribution is 7.98. The standard InChI is InChI=1S/C25H38N4O8S/c1-4-14(2)21(29-22(33)17(26)9-10-20(31)32)24(35)27-18(11-12-38-3)23(34)28-19(25(36)37)13-15-5-7-16(30)8-6-15/h5-8,14,17-19,21,30H,4,9-13,26H2,1-3H3,(H,27,35)(H,28,34)(H,29,33)(H,31,32)(H,36,37). The lowest BCUT2D eigenvalue weighted by Crippen LogP contribution is -2.58. The summed E-state index contributed by atoms with van der Waals surface area (Å²) >= 11 is 1.44. The molecule has 0 heterocycles. The van der Waals surface area contributed by atoms with Gasteiger partial charge in [-0.15, -0.1) is 0 Å². The number of carbonyl (C=O) groups excluding carboxylic acids is 3. The van der Waals surface area contributed by atoms with Crippen LogP contribution in [0.4, 0.5) is 0 Å². The Morgan fingerprint density at radius 1 is 0.921 bits per heavy atom. The number of rotatable bonds is 17. The molecule has 0 aromatic heterocycles. The molecular formula is C25H38N4O8S. The molecule has 0 radical (unpaired) electrons. The van der Waals surface area contributed by atoms with E-state index in [0.29, 0.717) is 17.7 Å². The molecule has 5 unspecified atom stereocenters.